The summed E-state index contributed by atoms with van der Waals surface area (Å²) in [6.45, 7) is 4.08. The number of nitrogens with one attached hydrogen (secondary N) is 1. The van der Waals surface area contributed by atoms with E-state index in [-0.39, 0.29) is 11.8 Å². The number of carbonyl (C=O) groups excluding carboxylic acids is 1. The third-order valence-corrected chi connectivity index (χ3v) is 5.44. The molecular formula is C20H20BrN3O. The number of nitrogens with zero attached hydrogens (tertiary/aromatic N) is 2. The Bertz CT molecular complexity index is 976. The SMILES string of the molecule is Cc1ccn2c3c(nc2c1)CCC(C(=O)Nc1ccc(Br)cc1C)C3. The summed E-state index contributed by atoms with van der Waals surface area (Å²) in [5, 5.41) is 3.10. The molecule has 3 aromatic rings. The molecule has 1 amide bonds. The van der Waals surface area contributed by atoms with Crippen LogP contribution in [0.25, 0.3) is 5.65 Å². The summed E-state index contributed by atoms with van der Waals surface area (Å²) < 4.78 is 3.15. The fourth-order valence-corrected chi connectivity index (χ4v) is 4.01. The van der Waals surface area contributed by atoms with Gasteiger partial charge in [0, 0.05) is 34.4 Å². The van der Waals surface area contributed by atoms with Gasteiger partial charge in [-0.3, -0.25) is 4.79 Å². The summed E-state index contributed by atoms with van der Waals surface area (Å²) in [6, 6.07) is 10.1. The second-order valence-electron chi connectivity index (χ2n) is 6.83. The van der Waals surface area contributed by atoms with E-state index in [1.165, 1.54) is 11.3 Å². The molecule has 4 nitrogen and oxygen atoms in total. The number of anilines is 1. The third-order valence-electron chi connectivity index (χ3n) is 4.95. The van der Waals surface area contributed by atoms with Crippen LogP contribution in [0.15, 0.2) is 41.0 Å². The van der Waals surface area contributed by atoms with Crippen LogP contribution in [0.5, 0.6) is 0 Å². The largest absolute Gasteiger partial charge is 0.326 e. The van der Waals surface area contributed by atoms with E-state index >= 15 is 0 Å². The first-order valence-electron chi connectivity index (χ1n) is 8.55. The Balaban J connectivity index is 1.57. The fraction of sp³-hybridized carbons (Fsp3) is 0.300. The highest BCUT2D eigenvalue weighted by Crippen LogP contribution is 2.28. The number of aryl methyl sites for hydroxylation is 3. The van der Waals surface area contributed by atoms with Gasteiger partial charge in [-0.25, -0.2) is 4.98 Å². The van der Waals surface area contributed by atoms with Crippen LogP contribution in [0.2, 0.25) is 0 Å². The van der Waals surface area contributed by atoms with Crippen molar-refractivity contribution in [1.82, 2.24) is 9.38 Å². The molecule has 25 heavy (non-hydrogen) atoms. The van der Waals surface area contributed by atoms with E-state index in [2.05, 4.69) is 50.9 Å². The molecule has 1 aromatic carbocycles. The maximum atomic E-state index is 12.8. The van der Waals surface area contributed by atoms with Crippen LogP contribution in [-0.4, -0.2) is 15.3 Å². The van der Waals surface area contributed by atoms with Gasteiger partial charge in [-0.1, -0.05) is 15.9 Å². The number of aromatic nitrogens is 2. The third kappa shape index (κ3) is 3.09. The zero-order chi connectivity index (χ0) is 17.6. The standard InChI is InChI=1S/C20H20BrN3O/c1-12-7-8-24-18-11-14(3-5-17(18)22-19(24)9-12)20(25)23-16-6-4-15(21)10-13(16)2/h4,6-10,14H,3,5,11H2,1-2H3,(H,23,25). The number of imidazole rings is 1. The van der Waals surface area contributed by atoms with Crippen molar-refractivity contribution in [2.45, 2.75) is 33.1 Å². The number of fused-ring (bicyclic) bond motifs is 3. The minimum atomic E-state index is -0.0169. The van der Waals surface area contributed by atoms with Crippen LogP contribution in [0.4, 0.5) is 5.69 Å². The maximum absolute atomic E-state index is 12.8. The van der Waals surface area contributed by atoms with Gasteiger partial charge in [-0.05, 0) is 68.1 Å². The molecule has 0 saturated carbocycles. The summed E-state index contributed by atoms with van der Waals surface area (Å²) in [6.07, 6.45) is 4.50. The number of hydrogen-bond donors (Lipinski definition) is 1. The second-order valence-corrected chi connectivity index (χ2v) is 7.74. The van der Waals surface area contributed by atoms with Crippen molar-refractivity contribution in [3.8, 4) is 0 Å². The average molecular weight is 398 g/mol. The van der Waals surface area contributed by atoms with Gasteiger partial charge >= 0.3 is 0 Å². The fourth-order valence-electron chi connectivity index (χ4n) is 3.53. The summed E-state index contributed by atoms with van der Waals surface area (Å²) in [5.74, 6) is 0.0786. The minimum absolute atomic E-state index is 0.0169. The van der Waals surface area contributed by atoms with Crippen molar-refractivity contribution in [2.75, 3.05) is 5.32 Å². The van der Waals surface area contributed by atoms with Gasteiger partial charge in [0.05, 0.1) is 5.69 Å². The van der Waals surface area contributed by atoms with Crippen LogP contribution in [-0.2, 0) is 17.6 Å². The number of hydrogen-bond acceptors (Lipinski definition) is 2. The minimum Gasteiger partial charge on any atom is -0.326 e. The van der Waals surface area contributed by atoms with Gasteiger partial charge < -0.3 is 9.72 Å². The molecule has 0 spiro atoms. The molecule has 1 atom stereocenters. The first-order chi connectivity index (χ1) is 12.0. The number of rotatable bonds is 2. The molecule has 1 N–H and O–H groups in total. The molecule has 1 aliphatic rings. The quantitative estimate of drug-likeness (QED) is 0.693. The molecular weight excluding hydrogens is 378 g/mol. The Morgan fingerprint density at radius 3 is 2.92 bits per heavy atom. The molecule has 0 bridgehead atoms. The highest BCUT2D eigenvalue weighted by atomic mass is 79.9. The van der Waals surface area contributed by atoms with Crippen LogP contribution < -0.4 is 5.32 Å². The molecule has 0 radical (unpaired) electrons. The molecule has 4 rings (SSSR count). The van der Waals surface area contributed by atoms with Gasteiger partial charge in [0.15, 0.2) is 0 Å². The smallest absolute Gasteiger partial charge is 0.227 e. The number of benzene rings is 1. The van der Waals surface area contributed by atoms with E-state index in [1.807, 2.05) is 25.1 Å². The molecule has 2 heterocycles. The predicted molar refractivity (Wildman–Crippen MR) is 103 cm³/mol. The topological polar surface area (TPSA) is 46.4 Å². The normalized spacial score (nSPS) is 16.7. The molecule has 0 fully saturated rings. The van der Waals surface area contributed by atoms with Crippen molar-refractivity contribution < 1.29 is 4.79 Å². The summed E-state index contributed by atoms with van der Waals surface area (Å²) in [4.78, 5) is 17.5. The lowest BCUT2D eigenvalue weighted by atomic mass is 9.89. The van der Waals surface area contributed by atoms with Crippen molar-refractivity contribution in [3.05, 3.63) is 63.5 Å². The van der Waals surface area contributed by atoms with Gasteiger partial charge in [0.1, 0.15) is 5.65 Å². The predicted octanol–water partition coefficient (Wildman–Crippen LogP) is 4.46. The van der Waals surface area contributed by atoms with Crippen LogP contribution in [0.1, 0.15) is 28.9 Å². The molecule has 1 aliphatic carbocycles. The highest BCUT2D eigenvalue weighted by molar-refractivity contribution is 9.10. The zero-order valence-electron chi connectivity index (χ0n) is 14.3. The zero-order valence-corrected chi connectivity index (χ0v) is 15.9. The molecule has 0 saturated heterocycles. The van der Waals surface area contributed by atoms with Gasteiger partial charge in [-0.15, -0.1) is 0 Å². The number of pyridine rings is 1. The van der Waals surface area contributed by atoms with Crippen LogP contribution >= 0.6 is 15.9 Å². The Hall–Kier alpha value is -2.14. The Morgan fingerprint density at radius 1 is 1.28 bits per heavy atom. The van der Waals surface area contributed by atoms with E-state index in [0.29, 0.717) is 0 Å². The first kappa shape index (κ1) is 16.3. The molecule has 2 aromatic heterocycles. The summed E-state index contributed by atoms with van der Waals surface area (Å²) in [5.41, 5.74) is 6.44. The molecule has 128 valence electrons. The number of amides is 1. The maximum Gasteiger partial charge on any atom is 0.227 e. The molecule has 0 aliphatic heterocycles. The van der Waals surface area contributed by atoms with Gasteiger partial charge in [0.2, 0.25) is 5.91 Å². The van der Waals surface area contributed by atoms with E-state index in [4.69, 9.17) is 4.98 Å². The van der Waals surface area contributed by atoms with E-state index < -0.39 is 0 Å². The second kappa shape index (κ2) is 6.30. The summed E-state index contributed by atoms with van der Waals surface area (Å²) >= 11 is 3.46. The van der Waals surface area contributed by atoms with Crippen LogP contribution in [0.3, 0.4) is 0 Å². The average Bonchev–Trinajstić information content (AvgIpc) is 2.93. The lowest BCUT2D eigenvalue weighted by Crippen LogP contribution is -2.28. The van der Waals surface area contributed by atoms with Crippen molar-refractivity contribution in [1.29, 1.82) is 0 Å². The Morgan fingerprint density at radius 2 is 2.12 bits per heavy atom. The van der Waals surface area contributed by atoms with Crippen molar-refractivity contribution >= 4 is 33.2 Å². The van der Waals surface area contributed by atoms with Crippen molar-refractivity contribution in [2.24, 2.45) is 5.92 Å². The Kier molecular flexibility index (Phi) is 4.12. The lowest BCUT2D eigenvalue weighted by molar-refractivity contribution is -0.120. The highest BCUT2D eigenvalue weighted by Gasteiger charge is 2.28. The van der Waals surface area contributed by atoms with E-state index in [0.717, 1.165) is 46.3 Å². The van der Waals surface area contributed by atoms with E-state index in [1.54, 1.807) is 0 Å². The number of carbonyl (C=O) groups is 1. The van der Waals surface area contributed by atoms with Crippen molar-refractivity contribution in [3.63, 3.8) is 0 Å². The Labute approximate surface area is 155 Å². The molecule has 5 heteroatoms. The lowest BCUT2D eigenvalue weighted by Gasteiger charge is -2.22. The van der Waals surface area contributed by atoms with Gasteiger partial charge in [-0.2, -0.15) is 0 Å². The first-order valence-corrected chi connectivity index (χ1v) is 9.34. The van der Waals surface area contributed by atoms with Gasteiger partial charge in [0.25, 0.3) is 0 Å². The summed E-state index contributed by atoms with van der Waals surface area (Å²) in [7, 11) is 0. The van der Waals surface area contributed by atoms with Crippen LogP contribution in [0, 0.1) is 19.8 Å². The van der Waals surface area contributed by atoms with E-state index in [9.17, 15) is 4.79 Å². The number of halogens is 1. The monoisotopic (exact) mass is 397 g/mol. The molecule has 1 unspecified atom stereocenters.